The molecule has 0 saturated heterocycles. The highest BCUT2D eigenvalue weighted by atomic mass is 16.1. The first-order chi connectivity index (χ1) is 4.41. The van der Waals surface area contributed by atoms with E-state index in [4.69, 9.17) is 0 Å². The third-order valence-electron chi connectivity index (χ3n) is 0.888. The van der Waals surface area contributed by atoms with Gasteiger partial charge in [-0.25, -0.2) is 4.79 Å². The monoisotopic (exact) mass is 122 g/mol. The first-order valence-corrected chi connectivity index (χ1v) is 3.09. The highest BCUT2D eigenvalue weighted by molar-refractivity contribution is 5.51. The van der Waals surface area contributed by atoms with Crippen LogP contribution in [0, 0.1) is 11.8 Å². The molecule has 0 aliphatic rings. The number of rotatable bonds is 2. The molecule has 0 aromatic carbocycles. The Morgan fingerprint density at radius 1 is 1.56 bits per heavy atom. The van der Waals surface area contributed by atoms with Crippen molar-refractivity contribution in [3.8, 4) is 11.8 Å². The fourth-order valence-electron chi connectivity index (χ4n) is 0.418. The summed E-state index contributed by atoms with van der Waals surface area (Å²) >= 11 is 0. The standard InChI is InChI=1S/C8H10O/c1-2-3-4-5-6-7-8-9/h7H,2-4H2,1H3. The number of allylic oxidation sites excluding steroid dienone is 1. The largest absolute Gasteiger partial charge is 0.233 e. The zero-order valence-corrected chi connectivity index (χ0v) is 5.61. The van der Waals surface area contributed by atoms with Crippen LogP contribution in [-0.4, -0.2) is 5.94 Å². The summed E-state index contributed by atoms with van der Waals surface area (Å²) in [4.78, 5) is 9.55. The van der Waals surface area contributed by atoms with E-state index in [0.29, 0.717) is 0 Å². The van der Waals surface area contributed by atoms with E-state index in [1.165, 1.54) is 6.08 Å². The van der Waals surface area contributed by atoms with Gasteiger partial charge in [-0.2, -0.15) is 0 Å². The van der Waals surface area contributed by atoms with Crippen LogP contribution in [0.3, 0.4) is 0 Å². The van der Waals surface area contributed by atoms with Gasteiger partial charge in [0.1, 0.15) is 5.94 Å². The molecule has 0 radical (unpaired) electrons. The van der Waals surface area contributed by atoms with Crippen molar-refractivity contribution in [1.82, 2.24) is 0 Å². The predicted octanol–water partition coefficient (Wildman–Crippen LogP) is 1.57. The molecule has 0 bridgehead atoms. The van der Waals surface area contributed by atoms with Crippen LogP contribution < -0.4 is 0 Å². The summed E-state index contributed by atoms with van der Waals surface area (Å²) in [6, 6.07) is 0. The third-order valence-corrected chi connectivity index (χ3v) is 0.888. The lowest BCUT2D eigenvalue weighted by Gasteiger charge is -1.80. The van der Waals surface area contributed by atoms with Crippen LogP contribution in [0.4, 0.5) is 0 Å². The van der Waals surface area contributed by atoms with Crippen molar-refractivity contribution >= 4 is 5.94 Å². The van der Waals surface area contributed by atoms with Gasteiger partial charge in [0, 0.05) is 6.42 Å². The summed E-state index contributed by atoms with van der Waals surface area (Å²) in [7, 11) is 0. The molecule has 0 aromatic rings. The van der Waals surface area contributed by atoms with Gasteiger partial charge in [-0.1, -0.05) is 25.2 Å². The molecule has 0 aromatic heterocycles. The minimum absolute atomic E-state index is 0.884. The van der Waals surface area contributed by atoms with Crippen LogP contribution in [0.15, 0.2) is 6.08 Å². The lowest BCUT2D eigenvalue weighted by molar-refractivity contribution is 0.569. The summed E-state index contributed by atoms with van der Waals surface area (Å²) in [5, 5.41) is 0. The first-order valence-electron chi connectivity index (χ1n) is 3.09. The van der Waals surface area contributed by atoms with Crippen molar-refractivity contribution in [3.05, 3.63) is 6.08 Å². The smallest absolute Gasteiger partial charge is 0.133 e. The van der Waals surface area contributed by atoms with Crippen LogP contribution in [-0.2, 0) is 4.79 Å². The second-order valence-electron chi connectivity index (χ2n) is 1.69. The van der Waals surface area contributed by atoms with Crippen molar-refractivity contribution < 1.29 is 4.79 Å². The molecule has 0 unspecified atom stereocenters. The van der Waals surface area contributed by atoms with Crippen LogP contribution in [0.25, 0.3) is 0 Å². The molecule has 1 heteroatoms. The van der Waals surface area contributed by atoms with Gasteiger partial charge < -0.3 is 0 Å². The van der Waals surface area contributed by atoms with Crippen molar-refractivity contribution in [3.63, 3.8) is 0 Å². The molecule has 1 nitrogen and oxygen atoms in total. The summed E-state index contributed by atoms with van der Waals surface area (Å²) in [6.45, 7) is 2.11. The molecule has 0 heterocycles. The van der Waals surface area contributed by atoms with E-state index in [-0.39, 0.29) is 0 Å². The topological polar surface area (TPSA) is 17.1 Å². The van der Waals surface area contributed by atoms with E-state index in [1.54, 1.807) is 5.94 Å². The summed E-state index contributed by atoms with van der Waals surface area (Å²) in [5.74, 6) is 6.99. The zero-order valence-electron chi connectivity index (χ0n) is 5.61. The highest BCUT2D eigenvalue weighted by Crippen LogP contribution is 1.89. The third kappa shape index (κ3) is 7.01. The van der Waals surface area contributed by atoms with Gasteiger partial charge in [-0.05, 0) is 6.42 Å². The molecular formula is C8H10O. The maximum atomic E-state index is 9.55. The lowest BCUT2D eigenvalue weighted by Crippen LogP contribution is -1.65. The Bertz CT molecular complexity index is 153. The lowest BCUT2D eigenvalue weighted by atomic mass is 10.2. The van der Waals surface area contributed by atoms with Crippen molar-refractivity contribution in [2.24, 2.45) is 0 Å². The normalized spacial score (nSPS) is 6.78. The number of hydrogen-bond acceptors (Lipinski definition) is 1. The average molecular weight is 122 g/mol. The maximum absolute atomic E-state index is 9.55. The molecule has 0 saturated carbocycles. The Labute approximate surface area is 55.8 Å². The van der Waals surface area contributed by atoms with Gasteiger partial charge in [-0.15, -0.1) is 0 Å². The van der Waals surface area contributed by atoms with Gasteiger partial charge in [0.25, 0.3) is 0 Å². The Morgan fingerprint density at radius 2 is 2.33 bits per heavy atom. The molecule has 0 aliphatic heterocycles. The number of hydrogen-bond donors (Lipinski definition) is 0. The van der Waals surface area contributed by atoms with E-state index in [2.05, 4.69) is 18.8 Å². The molecular weight excluding hydrogens is 112 g/mol. The van der Waals surface area contributed by atoms with E-state index in [1.807, 2.05) is 0 Å². The quantitative estimate of drug-likeness (QED) is 0.308. The van der Waals surface area contributed by atoms with Gasteiger partial charge in [0.2, 0.25) is 0 Å². The molecule has 0 aliphatic carbocycles. The fraction of sp³-hybridized carbons (Fsp3) is 0.500. The molecule has 0 rings (SSSR count). The summed E-state index contributed by atoms with van der Waals surface area (Å²) < 4.78 is 0. The van der Waals surface area contributed by atoms with Gasteiger partial charge >= 0.3 is 0 Å². The number of unbranched alkanes of at least 4 members (excludes halogenated alkanes) is 2. The molecule has 0 spiro atoms. The average Bonchev–Trinajstić information content (AvgIpc) is 1.89. The molecule has 0 amide bonds. The van der Waals surface area contributed by atoms with Crippen molar-refractivity contribution in [2.75, 3.05) is 0 Å². The van der Waals surface area contributed by atoms with Gasteiger partial charge in [-0.3, -0.25) is 0 Å². The molecule has 9 heavy (non-hydrogen) atoms. The summed E-state index contributed by atoms with van der Waals surface area (Å²) in [6.07, 6.45) is 4.35. The molecule has 0 fully saturated rings. The Balaban J connectivity index is 3.26. The molecule has 48 valence electrons. The van der Waals surface area contributed by atoms with Crippen LogP contribution in [0.2, 0.25) is 0 Å². The predicted molar refractivity (Wildman–Crippen MR) is 37.6 cm³/mol. The molecule has 0 N–H and O–H groups in total. The van der Waals surface area contributed by atoms with E-state index < -0.39 is 0 Å². The Hall–Kier alpha value is -0.990. The van der Waals surface area contributed by atoms with E-state index in [0.717, 1.165) is 19.3 Å². The number of carbonyl (C=O) groups excluding carboxylic acids is 1. The second kappa shape index (κ2) is 7.01. The van der Waals surface area contributed by atoms with Gasteiger partial charge in [0.15, 0.2) is 0 Å². The van der Waals surface area contributed by atoms with Crippen molar-refractivity contribution in [2.45, 2.75) is 26.2 Å². The van der Waals surface area contributed by atoms with E-state index in [9.17, 15) is 4.79 Å². The van der Waals surface area contributed by atoms with Gasteiger partial charge in [0.05, 0.1) is 6.08 Å². The molecule has 0 atom stereocenters. The van der Waals surface area contributed by atoms with E-state index >= 15 is 0 Å². The zero-order chi connectivity index (χ0) is 6.95. The summed E-state index contributed by atoms with van der Waals surface area (Å²) in [5.41, 5.74) is 0. The highest BCUT2D eigenvalue weighted by Gasteiger charge is 1.73. The van der Waals surface area contributed by atoms with Crippen LogP contribution >= 0.6 is 0 Å². The Kier molecular flexibility index (Phi) is 6.24. The minimum Gasteiger partial charge on any atom is -0.233 e. The van der Waals surface area contributed by atoms with Crippen LogP contribution in [0.5, 0.6) is 0 Å². The SMILES string of the molecule is CCCCC#CC=C=O. The van der Waals surface area contributed by atoms with Crippen LogP contribution in [0.1, 0.15) is 26.2 Å². The van der Waals surface area contributed by atoms with Crippen molar-refractivity contribution in [1.29, 1.82) is 0 Å². The maximum Gasteiger partial charge on any atom is 0.133 e. The minimum atomic E-state index is 0.884. The first kappa shape index (κ1) is 8.01. The second-order valence-corrected chi connectivity index (χ2v) is 1.69. The Morgan fingerprint density at radius 3 is 2.89 bits per heavy atom. The fourth-order valence-corrected chi connectivity index (χ4v) is 0.418.